The molecule has 1 aliphatic rings. The molecule has 32 heavy (non-hydrogen) atoms. The van der Waals surface area contributed by atoms with Gasteiger partial charge < -0.3 is 9.84 Å². The van der Waals surface area contributed by atoms with Gasteiger partial charge in [-0.15, -0.1) is 11.3 Å². The fourth-order valence-corrected chi connectivity index (χ4v) is 4.74. The average molecular weight is 448 g/mol. The van der Waals surface area contributed by atoms with Crippen LogP contribution < -0.4 is 9.64 Å². The summed E-state index contributed by atoms with van der Waals surface area (Å²) in [4.78, 5) is 28.8. The molecule has 0 radical (unpaired) electrons. The monoisotopic (exact) mass is 447 g/mol. The van der Waals surface area contributed by atoms with Crippen LogP contribution in [0.3, 0.4) is 0 Å². The lowest BCUT2D eigenvalue weighted by Crippen LogP contribution is -2.29. The second-order valence-corrected chi connectivity index (χ2v) is 9.15. The van der Waals surface area contributed by atoms with Crippen molar-refractivity contribution in [3.63, 3.8) is 0 Å². The summed E-state index contributed by atoms with van der Waals surface area (Å²) in [6.07, 6.45) is -0.0339. The van der Waals surface area contributed by atoms with Gasteiger partial charge in [0, 0.05) is 16.1 Å². The van der Waals surface area contributed by atoms with E-state index in [1.165, 1.54) is 16.2 Å². The molecule has 1 aliphatic heterocycles. The quantitative estimate of drug-likeness (QED) is 0.306. The van der Waals surface area contributed by atoms with E-state index >= 15 is 0 Å². The third kappa shape index (κ3) is 3.94. The predicted octanol–water partition coefficient (Wildman–Crippen LogP) is 5.78. The number of ketones is 1. The van der Waals surface area contributed by atoms with E-state index in [0.717, 1.165) is 16.0 Å². The SMILES string of the molecule is Cc1ccc(C)c(N2C(=O)C(=O)/C(=C(\O)c3cccc(OC(C)C)c3)C2c2cccs2)c1. The Hall–Kier alpha value is -3.38. The summed E-state index contributed by atoms with van der Waals surface area (Å²) in [7, 11) is 0. The Morgan fingerprint density at radius 3 is 2.53 bits per heavy atom. The van der Waals surface area contributed by atoms with Crippen molar-refractivity contribution in [3.05, 3.63) is 87.1 Å². The van der Waals surface area contributed by atoms with Crippen LogP contribution in [0.1, 0.15) is 41.5 Å². The van der Waals surface area contributed by atoms with E-state index in [4.69, 9.17) is 4.74 Å². The van der Waals surface area contributed by atoms with Crippen LogP contribution >= 0.6 is 11.3 Å². The maximum absolute atomic E-state index is 13.2. The van der Waals surface area contributed by atoms with Crippen LogP contribution in [0.5, 0.6) is 5.75 Å². The van der Waals surface area contributed by atoms with Crippen molar-refractivity contribution in [1.82, 2.24) is 0 Å². The second kappa shape index (κ2) is 8.63. The van der Waals surface area contributed by atoms with E-state index in [9.17, 15) is 14.7 Å². The molecule has 0 bridgehead atoms. The highest BCUT2D eigenvalue weighted by atomic mass is 32.1. The van der Waals surface area contributed by atoms with Crippen molar-refractivity contribution >= 4 is 34.5 Å². The van der Waals surface area contributed by atoms with Crippen molar-refractivity contribution in [2.24, 2.45) is 0 Å². The molecule has 1 fully saturated rings. The topological polar surface area (TPSA) is 66.8 Å². The van der Waals surface area contributed by atoms with Gasteiger partial charge in [-0.1, -0.05) is 30.3 Å². The molecule has 5 nitrogen and oxygen atoms in total. The summed E-state index contributed by atoms with van der Waals surface area (Å²) < 4.78 is 5.74. The molecule has 1 N–H and O–H groups in total. The number of anilines is 1. The number of carbonyl (C=O) groups is 2. The van der Waals surface area contributed by atoms with Crippen LogP contribution in [0.2, 0.25) is 0 Å². The molecule has 1 saturated heterocycles. The van der Waals surface area contributed by atoms with Gasteiger partial charge in [0.05, 0.1) is 11.7 Å². The van der Waals surface area contributed by atoms with E-state index in [2.05, 4.69) is 0 Å². The lowest BCUT2D eigenvalue weighted by Gasteiger charge is -2.26. The van der Waals surface area contributed by atoms with Gasteiger partial charge in [0.1, 0.15) is 17.6 Å². The number of hydrogen-bond donors (Lipinski definition) is 1. The van der Waals surface area contributed by atoms with Gasteiger partial charge >= 0.3 is 0 Å². The van der Waals surface area contributed by atoms with E-state index in [1.807, 2.05) is 63.4 Å². The van der Waals surface area contributed by atoms with Gasteiger partial charge in [-0.2, -0.15) is 0 Å². The zero-order chi connectivity index (χ0) is 23.0. The first-order valence-electron chi connectivity index (χ1n) is 10.5. The Morgan fingerprint density at radius 1 is 1.06 bits per heavy atom. The average Bonchev–Trinajstić information content (AvgIpc) is 3.36. The lowest BCUT2D eigenvalue weighted by molar-refractivity contribution is -0.132. The summed E-state index contributed by atoms with van der Waals surface area (Å²) in [5.74, 6) is -0.963. The smallest absolute Gasteiger partial charge is 0.300 e. The predicted molar refractivity (Wildman–Crippen MR) is 127 cm³/mol. The first-order chi connectivity index (χ1) is 15.3. The number of rotatable bonds is 5. The van der Waals surface area contributed by atoms with Gasteiger partial charge in [0.2, 0.25) is 0 Å². The minimum atomic E-state index is -0.704. The van der Waals surface area contributed by atoms with E-state index in [0.29, 0.717) is 17.0 Å². The summed E-state index contributed by atoms with van der Waals surface area (Å²) in [6.45, 7) is 7.68. The second-order valence-electron chi connectivity index (χ2n) is 8.17. The molecule has 1 aromatic heterocycles. The number of aliphatic hydroxyl groups is 1. The van der Waals surface area contributed by atoms with Crippen LogP contribution in [0, 0.1) is 13.8 Å². The van der Waals surface area contributed by atoms with Gasteiger partial charge in [-0.25, -0.2) is 0 Å². The Kier molecular flexibility index (Phi) is 5.89. The Labute approximate surface area is 191 Å². The van der Waals surface area contributed by atoms with Crippen molar-refractivity contribution in [1.29, 1.82) is 0 Å². The van der Waals surface area contributed by atoms with Crippen LogP contribution in [-0.4, -0.2) is 22.9 Å². The Balaban J connectivity index is 1.90. The molecule has 0 saturated carbocycles. The van der Waals surface area contributed by atoms with Crippen molar-refractivity contribution in [2.75, 3.05) is 4.90 Å². The van der Waals surface area contributed by atoms with Crippen LogP contribution in [0.15, 0.2) is 65.6 Å². The number of Topliss-reactive ketones (excluding diaryl/α,β-unsaturated/α-hetero) is 1. The van der Waals surface area contributed by atoms with Gasteiger partial charge in [0.15, 0.2) is 0 Å². The molecule has 3 aromatic rings. The Morgan fingerprint density at radius 2 is 1.84 bits per heavy atom. The number of ether oxygens (including phenoxy) is 1. The highest BCUT2D eigenvalue weighted by Crippen LogP contribution is 2.44. The number of nitrogens with zero attached hydrogens (tertiary/aromatic N) is 1. The largest absolute Gasteiger partial charge is 0.507 e. The summed E-state index contributed by atoms with van der Waals surface area (Å²) in [6, 6.07) is 15.8. The summed E-state index contributed by atoms with van der Waals surface area (Å²) >= 11 is 1.44. The van der Waals surface area contributed by atoms with Crippen molar-refractivity contribution in [2.45, 2.75) is 39.8 Å². The number of carbonyl (C=O) groups excluding carboxylic acids is 2. The third-order valence-electron chi connectivity index (χ3n) is 5.36. The Bertz CT molecular complexity index is 1210. The molecule has 6 heteroatoms. The molecule has 0 spiro atoms. The molecular formula is C26H25NO4S. The van der Waals surface area contributed by atoms with Crippen molar-refractivity contribution < 1.29 is 19.4 Å². The number of thiophene rings is 1. The zero-order valence-electron chi connectivity index (χ0n) is 18.5. The maximum Gasteiger partial charge on any atom is 0.300 e. The lowest BCUT2D eigenvalue weighted by atomic mass is 9.99. The molecule has 1 unspecified atom stereocenters. The standard InChI is InChI=1S/C26H25NO4S/c1-15(2)31-19-8-5-7-18(14-19)24(28)22-23(21-9-6-12-32-21)27(26(30)25(22)29)20-13-16(3)10-11-17(20)4/h5-15,23,28H,1-4H3/b24-22-. The normalized spacial score (nSPS) is 17.9. The molecule has 2 heterocycles. The molecule has 1 atom stereocenters. The maximum atomic E-state index is 13.2. The number of aliphatic hydroxyl groups excluding tert-OH is 1. The molecule has 2 aromatic carbocycles. The summed E-state index contributed by atoms with van der Waals surface area (Å²) in [5, 5.41) is 13.2. The third-order valence-corrected chi connectivity index (χ3v) is 6.29. The van der Waals surface area contributed by atoms with Gasteiger partial charge in [-0.3, -0.25) is 14.5 Å². The first kappa shape index (κ1) is 21.8. The zero-order valence-corrected chi connectivity index (χ0v) is 19.3. The summed E-state index contributed by atoms with van der Waals surface area (Å²) in [5.41, 5.74) is 3.05. The van der Waals surface area contributed by atoms with Crippen LogP contribution in [0.4, 0.5) is 5.69 Å². The van der Waals surface area contributed by atoms with Gasteiger partial charge in [-0.05, 0) is 68.5 Å². The number of aryl methyl sites for hydroxylation is 2. The molecule has 4 rings (SSSR count). The number of amides is 1. The fourth-order valence-electron chi connectivity index (χ4n) is 3.92. The molecule has 0 aliphatic carbocycles. The molecule has 1 amide bonds. The van der Waals surface area contributed by atoms with E-state index in [1.54, 1.807) is 24.3 Å². The van der Waals surface area contributed by atoms with E-state index in [-0.39, 0.29) is 17.4 Å². The highest BCUT2D eigenvalue weighted by molar-refractivity contribution is 7.10. The van der Waals surface area contributed by atoms with Crippen LogP contribution in [0.25, 0.3) is 5.76 Å². The minimum absolute atomic E-state index is 0.0339. The minimum Gasteiger partial charge on any atom is -0.507 e. The fraction of sp³-hybridized carbons (Fsp3) is 0.231. The van der Waals surface area contributed by atoms with Crippen molar-refractivity contribution in [3.8, 4) is 5.75 Å². The number of hydrogen-bond acceptors (Lipinski definition) is 5. The highest BCUT2D eigenvalue weighted by Gasteiger charge is 2.47. The molecule has 164 valence electrons. The first-order valence-corrected chi connectivity index (χ1v) is 11.3. The van der Waals surface area contributed by atoms with Gasteiger partial charge in [0.25, 0.3) is 11.7 Å². The number of benzene rings is 2. The molecular weight excluding hydrogens is 422 g/mol. The van der Waals surface area contributed by atoms with Crippen LogP contribution in [-0.2, 0) is 9.59 Å². The van der Waals surface area contributed by atoms with E-state index < -0.39 is 17.7 Å².